The van der Waals surface area contributed by atoms with Crippen LogP contribution in [-0.4, -0.2) is 23.5 Å². The van der Waals surface area contributed by atoms with Gasteiger partial charge in [0.05, 0.1) is 10.7 Å². The van der Waals surface area contributed by atoms with Gasteiger partial charge in [0.15, 0.2) is 0 Å². The van der Waals surface area contributed by atoms with E-state index in [1.54, 1.807) is 11.3 Å². The Bertz CT molecular complexity index is 545. The van der Waals surface area contributed by atoms with Gasteiger partial charge in [0.25, 0.3) is 0 Å². The Morgan fingerprint density at radius 2 is 2.10 bits per heavy atom. The van der Waals surface area contributed by atoms with Crippen molar-refractivity contribution in [1.29, 1.82) is 0 Å². The molecule has 0 aromatic carbocycles. The lowest BCUT2D eigenvalue weighted by atomic mass is 10.2. The predicted octanol–water partition coefficient (Wildman–Crippen LogP) is 3.56. The Morgan fingerprint density at radius 1 is 1.30 bits per heavy atom. The van der Waals surface area contributed by atoms with Gasteiger partial charge in [0.1, 0.15) is 0 Å². The molecule has 0 saturated carbocycles. The summed E-state index contributed by atoms with van der Waals surface area (Å²) in [5.41, 5.74) is 2.62. The van der Waals surface area contributed by atoms with E-state index in [1.165, 1.54) is 21.0 Å². The predicted molar refractivity (Wildman–Crippen MR) is 88.5 cm³/mol. The lowest BCUT2D eigenvalue weighted by molar-refractivity contribution is 0.315. The van der Waals surface area contributed by atoms with Crippen LogP contribution in [0.25, 0.3) is 0 Å². The molecular weight excluding hydrogens is 286 g/mol. The molecule has 0 aliphatic rings. The van der Waals surface area contributed by atoms with Gasteiger partial charge >= 0.3 is 0 Å². The van der Waals surface area contributed by atoms with Gasteiger partial charge in [-0.15, -0.1) is 22.7 Å². The summed E-state index contributed by atoms with van der Waals surface area (Å²) in [7, 11) is 2.16. The maximum absolute atomic E-state index is 4.53. The standard InChI is InChI=1S/C15H23N3S2/c1-5-16-7-15-6-13(11(2)20-15)8-18(4)9-14-10-19-12(3)17-14/h6,10,16H,5,7-9H2,1-4H3. The minimum absolute atomic E-state index is 0.919. The maximum atomic E-state index is 4.53. The van der Waals surface area contributed by atoms with Crippen LogP contribution in [0, 0.1) is 13.8 Å². The van der Waals surface area contributed by atoms with Crippen LogP contribution in [0.1, 0.15) is 32.9 Å². The molecular formula is C15H23N3S2. The largest absolute Gasteiger partial charge is 0.312 e. The van der Waals surface area contributed by atoms with Crippen molar-refractivity contribution in [2.75, 3.05) is 13.6 Å². The fraction of sp³-hybridized carbons (Fsp3) is 0.533. The summed E-state index contributed by atoms with van der Waals surface area (Å²) in [6.45, 7) is 10.3. The normalized spacial score (nSPS) is 11.4. The molecule has 0 atom stereocenters. The third kappa shape index (κ3) is 4.38. The lowest BCUT2D eigenvalue weighted by Gasteiger charge is -2.14. The molecule has 0 saturated heterocycles. The highest BCUT2D eigenvalue weighted by Crippen LogP contribution is 2.23. The third-order valence-electron chi connectivity index (χ3n) is 3.16. The lowest BCUT2D eigenvalue weighted by Crippen LogP contribution is -2.17. The molecule has 0 aliphatic carbocycles. The molecule has 0 radical (unpaired) electrons. The summed E-state index contributed by atoms with van der Waals surface area (Å²) in [5, 5.41) is 6.69. The first-order valence-corrected chi connectivity index (χ1v) is 8.66. The van der Waals surface area contributed by atoms with Gasteiger partial charge in [0, 0.05) is 34.8 Å². The molecule has 110 valence electrons. The summed E-state index contributed by atoms with van der Waals surface area (Å²) in [4.78, 5) is 9.72. The molecule has 3 nitrogen and oxygen atoms in total. The van der Waals surface area contributed by atoms with E-state index in [2.05, 4.69) is 54.5 Å². The Morgan fingerprint density at radius 3 is 2.75 bits per heavy atom. The van der Waals surface area contributed by atoms with E-state index < -0.39 is 0 Å². The maximum Gasteiger partial charge on any atom is 0.0897 e. The molecule has 20 heavy (non-hydrogen) atoms. The molecule has 1 N–H and O–H groups in total. The third-order valence-corrected chi connectivity index (χ3v) is 5.07. The van der Waals surface area contributed by atoms with Crippen molar-refractivity contribution >= 4 is 22.7 Å². The first-order chi connectivity index (χ1) is 9.58. The van der Waals surface area contributed by atoms with Gasteiger partial charge in [-0.25, -0.2) is 4.98 Å². The van der Waals surface area contributed by atoms with E-state index >= 15 is 0 Å². The SMILES string of the molecule is CCNCc1cc(CN(C)Cc2csc(C)n2)c(C)s1. The second-order valence-corrected chi connectivity index (χ2v) is 7.51. The van der Waals surface area contributed by atoms with Crippen LogP contribution in [0.4, 0.5) is 0 Å². The van der Waals surface area contributed by atoms with Gasteiger partial charge in [-0.1, -0.05) is 6.92 Å². The summed E-state index contributed by atoms with van der Waals surface area (Å²) in [5.74, 6) is 0. The molecule has 5 heteroatoms. The average molecular weight is 310 g/mol. The highest BCUT2D eigenvalue weighted by atomic mass is 32.1. The molecule has 2 aromatic rings. The van der Waals surface area contributed by atoms with Crippen molar-refractivity contribution in [3.8, 4) is 0 Å². The number of thiophene rings is 1. The zero-order valence-corrected chi connectivity index (χ0v) is 14.3. The van der Waals surface area contributed by atoms with Gasteiger partial charge in [-0.05, 0) is 39.1 Å². The summed E-state index contributed by atoms with van der Waals surface area (Å²) >= 11 is 3.63. The molecule has 0 bridgehead atoms. The fourth-order valence-electron chi connectivity index (χ4n) is 2.18. The molecule has 0 spiro atoms. The Hall–Kier alpha value is -0.750. The number of hydrogen-bond donors (Lipinski definition) is 1. The average Bonchev–Trinajstić information content (AvgIpc) is 2.94. The van der Waals surface area contributed by atoms with Crippen molar-refractivity contribution in [3.05, 3.63) is 37.5 Å². The molecule has 2 rings (SSSR count). The van der Waals surface area contributed by atoms with Crippen LogP contribution in [-0.2, 0) is 19.6 Å². The number of hydrogen-bond acceptors (Lipinski definition) is 5. The number of thiazole rings is 1. The first kappa shape index (κ1) is 15.6. The molecule has 2 aromatic heterocycles. The Balaban J connectivity index is 1.93. The summed E-state index contributed by atoms with van der Waals surface area (Å²) in [6, 6.07) is 2.34. The second kappa shape index (κ2) is 7.31. The van der Waals surface area contributed by atoms with Gasteiger partial charge in [0.2, 0.25) is 0 Å². The number of nitrogens with zero attached hydrogens (tertiary/aromatic N) is 2. The van der Waals surface area contributed by atoms with Crippen LogP contribution < -0.4 is 5.32 Å². The number of aryl methyl sites for hydroxylation is 2. The molecule has 0 amide bonds. The molecule has 0 unspecified atom stereocenters. The van der Waals surface area contributed by atoms with E-state index in [1.807, 2.05) is 11.3 Å². The van der Waals surface area contributed by atoms with E-state index in [-0.39, 0.29) is 0 Å². The quantitative estimate of drug-likeness (QED) is 0.847. The highest BCUT2D eigenvalue weighted by molar-refractivity contribution is 7.12. The number of nitrogens with one attached hydrogen (secondary N) is 1. The van der Waals surface area contributed by atoms with E-state index in [9.17, 15) is 0 Å². The van der Waals surface area contributed by atoms with Crippen LogP contribution >= 0.6 is 22.7 Å². The second-order valence-electron chi connectivity index (χ2n) is 5.10. The van der Waals surface area contributed by atoms with Crippen LogP contribution in [0.2, 0.25) is 0 Å². The zero-order valence-electron chi connectivity index (χ0n) is 12.7. The van der Waals surface area contributed by atoms with Crippen LogP contribution in [0.15, 0.2) is 11.4 Å². The van der Waals surface area contributed by atoms with E-state index in [4.69, 9.17) is 0 Å². The van der Waals surface area contributed by atoms with Crippen molar-refractivity contribution in [2.45, 2.75) is 40.4 Å². The van der Waals surface area contributed by atoms with Crippen molar-refractivity contribution in [2.24, 2.45) is 0 Å². The molecule has 0 fully saturated rings. The van der Waals surface area contributed by atoms with Gasteiger partial charge in [-0.2, -0.15) is 0 Å². The Kier molecular flexibility index (Phi) is 5.72. The van der Waals surface area contributed by atoms with Crippen molar-refractivity contribution in [3.63, 3.8) is 0 Å². The van der Waals surface area contributed by atoms with Crippen molar-refractivity contribution < 1.29 is 0 Å². The number of rotatable bonds is 7. The van der Waals surface area contributed by atoms with Crippen molar-refractivity contribution in [1.82, 2.24) is 15.2 Å². The first-order valence-electron chi connectivity index (χ1n) is 6.97. The number of aromatic nitrogens is 1. The van der Waals surface area contributed by atoms with Crippen LogP contribution in [0.5, 0.6) is 0 Å². The minimum Gasteiger partial charge on any atom is -0.312 e. The fourth-order valence-corrected chi connectivity index (χ4v) is 3.81. The molecule has 0 aliphatic heterocycles. The van der Waals surface area contributed by atoms with E-state index in [0.717, 1.165) is 31.2 Å². The molecule has 2 heterocycles. The smallest absolute Gasteiger partial charge is 0.0897 e. The Labute approximate surface area is 129 Å². The summed E-state index contributed by atoms with van der Waals surface area (Å²) < 4.78 is 0. The highest BCUT2D eigenvalue weighted by Gasteiger charge is 2.09. The summed E-state index contributed by atoms with van der Waals surface area (Å²) in [6.07, 6.45) is 0. The minimum atomic E-state index is 0.919. The topological polar surface area (TPSA) is 28.2 Å². The monoisotopic (exact) mass is 309 g/mol. The van der Waals surface area contributed by atoms with Crippen LogP contribution in [0.3, 0.4) is 0 Å². The van der Waals surface area contributed by atoms with Gasteiger partial charge < -0.3 is 5.32 Å². The zero-order chi connectivity index (χ0) is 14.5. The van der Waals surface area contributed by atoms with E-state index in [0.29, 0.717) is 0 Å². The van der Waals surface area contributed by atoms with Gasteiger partial charge in [-0.3, -0.25) is 4.90 Å².